The van der Waals surface area contributed by atoms with E-state index in [1.54, 1.807) is 0 Å². The van der Waals surface area contributed by atoms with Crippen molar-refractivity contribution in [2.45, 2.75) is 37.6 Å². The van der Waals surface area contributed by atoms with E-state index < -0.39 is 28.7 Å². The summed E-state index contributed by atoms with van der Waals surface area (Å²) in [6.45, 7) is 0. The molecule has 8 heteroatoms. The Kier molecular flexibility index (Phi) is 5.61. The first kappa shape index (κ1) is 18.7. The molecule has 0 atom stereocenters. The van der Waals surface area contributed by atoms with Crippen molar-refractivity contribution in [3.8, 4) is 0 Å². The maximum Gasteiger partial charge on any atom is 0.331 e. The number of aromatic nitrogens is 2. The van der Waals surface area contributed by atoms with Crippen LogP contribution < -0.4 is 16.6 Å². The molecule has 0 aliphatic heterocycles. The van der Waals surface area contributed by atoms with Crippen LogP contribution in [0.3, 0.4) is 0 Å². The molecule has 1 fully saturated rings. The van der Waals surface area contributed by atoms with E-state index in [2.05, 4.69) is 5.32 Å². The first-order valence-corrected chi connectivity index (χ1v) is 8.16. The van der Waals surface area contributed by atoms with Gasteiger partial charge in [0.15, 0.2) is 0 Å². The Morgan fingerprint density at radius 3 is 2.44 bits per heavy atom. The van der Waals surface area contributed by atoms with Crippen LogP contribution in [0.15, 0.2) is 21.9 Å². The van der Waals surface area contributed by atoms with Gasteiger partial charge in [0.05, 0.1) is 12.7 Å². The first-order valence-electron chi connectivity index (χ1n) is 8.16. The molecule has 2 rings (SSSR count). The summed E-state index contributed by atoms with van der Waals surface area (Å²) in [7, 11) is 4.19. The fourth-order valence-corrected chi connectivity index (χ4v) is 3.12. The molecule has 8 nitrogen and oxygen atoms in total. The molecule has 1 aromatic heterocycles. The van der Waals surface area contributed by atoms with Crippen molar-refractivity contribution in [3.05, 3.63) is 38.7 Å². The number of aryl methyl sites for hydroxylation is 1. The molecule has 136 valence electrons. The van der Waals surface area contributed by atoms with Gasteiger partial charge in [0.2, 0.25) is 5.91 Å². The second kappa shape index (κ2) is 7.50. The summed E-state index contributed by atoms with van der Waals surface area (Å²) in [5.74, 6) is -0.935. The van der Waals surface area contributed by atoms with E-state index in [1.165, 1.54) is 44.1 Å². The van der Waals surface area contributed by atoms with Crippen molar-refractivity contribution in [1.29, 1.82) is 0 Å². The fourth-order valence-electron chi connectivity index (χ4n) is 3.12. The minimum Gasteiger partial charge on any atom is -0.467 e. The van der Waals surface area contributed by atoms with E-state index in [9.17, 15) is 19.2 Å². The van der Waals surface area contributed by atoms with Gasteiger partial charge in [-0.05, 0) is 18.9 Å². The smallest absolute Gasteiger partial charge is 0.331 e. The molecule has 25 heavy (non-hydrogen) atoms. The Bertz CT molecular complexity index is 813. The lowest BCUT2D eigenvalue weighted by Gasteiger charge is -2.34. The maximum absolute atomic E-state index is 12.3. The van der Waals surface area contributed by atoms with Crippen molar-refractivity contribution in [2.24, 2.45) is 14.1 Å². The minimum absolute atomic E-state index is 0.204. The summed E-state index contributed by atoms with van der Waals surface area (Å²) in [4.78, 5) is 48.1. The third kappa shape index (κ3) is 3.89. The maximum atomic E-state index is 12.3. The van der Waals surface area contributed by atoms with Crippen molar-refractivity contribution >= 4 is 18.0 Å². The fraction of sp³-hybridized carbons (Fsp3) is 0.529. The molecule has 1 aromatic rings. The van der Waals surface area contributed by atoms with Crippen LogP contribution in [0.5, 0.6) is 0 Å². The lowest BCUT2D eigenvalue weighted by atomic mass is 9.81. The van der Waals surface area contributed by atoms with Crippen molar-refractivity contribution in [1.82, 2.24) is 14.5 Å². The molecule has 0 bridgehead atoms. The first-order chi connectivity index (χ1) is 11.8. The molecular weight excluding hydrogens is 326 g/mol. The van der Waals surface area contributed by atoms with Gasteiger partial charge in [-0.1, -0.05) is 19.3 Å². The van der Waals surface area contributed by atoms with Crippen LogP contribution in [-0.2, 0) is 28.4 Å². The van der Waals surface area contributed by atoms with Gasteiger partial charge in [-0.25, -0.2) is 9.59 Å². The number of methoxy groups -OCH3 is 1. The van der Waals surface area contributed by atoms with Crippen molar-refractivity contribution in [3.63, 3.8) is 0 Å². The van der Waals surface area contributed by atoms with Crippen LogP contribution in [0, 0.1) is 0 Å². The summed E-state index contributed by atoms with van der Waals surface area (Å²) < 4.78 is 7.08. The van der Waals surface area contributed by atoms with Gasteiger partial charge in [0.1, 0.15) is 5.54 Å². The van der Waals surface area contributed by atoms with Gasteiger partial charge >= 0.3 is 11.7 Å². The Morgan fingerprint density at radius 2 is 1.84 bits per heavy atom. The molecule has 1 aliphatic carbocycles. The van der Waals surface area contributed by atoms with Gasteiger partial charge in [-0.2, -0.15) is 0 Å². The van der Waals surface area contributed by atoms with E-state index in [0.717, 1.165) is 23.8 Å². The van der Waals surface area contributed by atoms with E-state index in [1.807, 2.05) is 0 Å². The third-order valence-corrected chi connectivity index (χ3v) is 4.53. The monoisotopic (exact) mass is 349 g/mol. The molecule has 0 radical (unpaired) electrons. The number of rotatable bonds is 4. The Morgan fingerprint density at radius 1 is 1.20 bits per heavy atom. The highest BCUT2D eigenvalue weighted by Crippen LogP contribution is 2.29. The van der Waals surface area contributed by atoms with Gasteiger partial charge in [-0.15, -0.1) is 0 Å². The third-order valence-electron chi connectivity index (χ3n) is 4.53. The van der Waals surface area contributed by atoms with E-state index in [4.69, 9.17) is 4.74 Å². The van der Waals surface area contributed by atoms with Crippen molar-refractivity contribution < 1.29 is 14.3 Å². The zero-order valence-corrected chi connectivity index (χ0v) is 14.7. The lowest BCUT2D eigenvalue weighted by molar-refractivity contribution is -0.152. The van der Waals surface area contributed by atoms with Crippen LogP contribution in [0.2, 0.25) is 0 Å². The number of hydrogen-bond donors (Lipinski definition) is 1. The molecule has 0 aromatic carbocycles. The lowest BCUT2D eigenvalue weighted by Crippen LogP contribution is -2.55. The molecular formula is C17H23N3O5. The molecule has 1 heterocycles. The number of nitrogens with one attached hydrogen (secondary N) is 1. The Hall–Kier alpha value is -2.64. The normalized spacial score (nSPS) is 16.6. The minimum atomic E-state index is -1.01. The SMILES string of the molecule is COC(=O)C1(NC(=O)/C=C\c2cn(C)c(=O)n(C)c2=O)CCCCC1. The predicted octanol–water partition coefficient (Wildman–Crippen LogP) is 0.0893. The molecule has 1 aliphatic rings. The number of ether oxygens (including phenoxy) is 1. The van der Waals surface area contributed by atoms with Crippen molar-refractivity contribution in [2.75, 3.05) is 7.11 Å². The molecule has 0 saturated heterocycles. The van der Waals surface area contributed by atoms with Crippen LogP contribution in [-0.4, -0.2) is 33.7 Å². The average Bonchev–Trinajstić information content (AvgIpc) is 2.61. The van der Waals surface area contributed by atoms with Crippen LogP contribution in [0.4, 0.5) is 0 Å². The predicted molar refractivity (Wildman–Crippen MR) is 91.9 cm³/mol. The largest absolute Gasteiger partial charge is 0.467 e. The van der Waals surface area contributed by atoms with Gasteiger partial charge in [-0.3, -0.25) is 14.2 Å². The van der Waals surface area contributed by atoms with Crippen LogP contribution >= 0.6 is 0 Å². The number of carbonyl (C=O) groups is 2. The number of amides is 1. The molecule has 0 spiro atoms. The van der Waals surface area contributed by atoms with Crippen LogP contribution in [0.25, 0.3) is 6.08 Å². The summed E-state index contributed by atoms with van der Waals surface area (Å²) in [6, 6.07) is 0. The second-order valence-electron chi connectivity index (χ2n) is 6.30. The number of esters is 1. The van der Waals surface area contributed by atoms with E-state index in [0.29, 0.717) is 12.8 Å². The summed E-state index contributed by atoms with van der Waals surface area (Å²) >= 11 is 0. The summed E-state index contributed by atoms with van der Waals surface area (Å²) in [5, 5.41) is 2.74. The Labute approximate surface area is 145 Å². The number of carbonyl (C=O) groups excluding carboxylic acids is 2. The van der Waals surface area contributed by atoms with Crippen LogP contribution in [0.1, 0.15) is 37.7 Å². The summed E-state index contributed by atoms with van der Waals surface area (Å²) in [5.41, 5.74) is -1.75. The number of hydrogen-bond acceptors (Lipinski definition) is 5. The zero-order chi connectivity index (χ0) is 18.6. The highest BCUT2D eigenvalue weighted by molar-refractivity contribution is 5.96. The molecule has 1 saturated carbocycles. The van der Waals surface area contributed by atoms with Gasteiger partial charge < -0.3 is 14.6 Å². The highest BCUT2D eigenvalue weighted by Gasteiger charge is 2.41. The highest BCUT2D eigenvalue weighted by atomic mass is 16.5. The Balaban J connectivity index is 2.22. The molecule has 1 amide bonds. The molecule has 0 unspecified atom stereocenters. The summed E-state index contributed by atoms with van der Waals surface area (Å²) in [6.07, 6.45) is 7.64. The van der Waals surface area contributed by atoms with E-state index >= 15 is 0 Å². The standard InChI is InChI=1S/C17H23N3O5/c1-19-11-12(14(22)20(2)16(19)24)7-8-13(21)18-17(15(23)25-3)9-5-4-6-10-17/h7-8,11H,4-6,9-10H2,1-3H3,(H,18,21)/b8-7-. The van der Waals surface area contributed by atoms with E-state index in [-0.39, 0.29) is 5.56 Å². The molecule has 1 N–H and O–H groups in total. The number of nitrogens with zero attached hydrogens (tertiary/aromatic N) is 2. The van der Waals surface area contributed by atoms with Gasteiger partial charge in [0.25, 0.3) is 5.56 Å². The topological polar surface area (TPSA) is 99.4 Å². The second-order valence-corrected chi connectivity index (χ2v) is 6.30. The average molecular weight is 349 g/mol. The van der Waals surface area contributed by atoms with Gasteiger partial charge in [0, 0.05) is 26.4 Å². The zero-order valence-electron chi connectivity index (χ0n) is 14.7. The quantitative estimate of drug-likeness (QED) is 0.613.